The van der Waals surface area contributed by atoms with Crippen molar-refractivity contribution in [1.29, 1.82) is 0 Å². The third-order valence-electron chi connectivity index (χ3n) is 5.45. The average molecular weight is 397 g/mol. The minimum absolute atomic E-state index is 0.185. The highest BCUT2D eigenvalue weighted by molar-refractivity contribution is 5.99. The Bertz CT molecular complexity index is 1360. The number of nitrogens with zero attached hydrogens (tertiary/aromatic N) is 3. The van der Waals surface area contributed by atoms with Crippen LogP contribution >= 0.6 is 0 Å². The molecule has 3 aliphatic heterocycles. The average Bonchev–Trinajstić information content (AvgIpc) is 3.41. The van der Waals surface area contributed by atoms with E-state index in [2.05, 4.69) is 10.2 Å². The van der Waals surface area contributed by atoms with Gasteiger partial charge in [-0.1, -0.05) is 48.5 Å². The van der Waals surface area contributed by atoms with E-state index in [4.69, 9.17) is 9.47 Å². The molecule has 0 unspecified atom stereocenters. The number of hydrogen-bond donors (Lipinski definition) is 0. The van der Waals surface area contributed by atoms with E-state index < -0.39 is 0 Å². The lowest BCUT2D eigenvalue weighted by atomic mass is 10.0. The van der Waals surface area contributed by atoms with Crippen molar-refractivity contribution >= 4 is 10.9 Å². The smallest absolute Gasteiger partial charge is 0.231 e. The zero-order valence-corrected chi connectivity index (χ0v) is 15.9. The largest absolute Gasteiger partial charge is 0.454 e. The summed E-state index contributed by atoms with van der Waals surface area (Å²) in [6.45, 7) is 0.558. The Hall–Kier alpha value is -3.93. The SMILES string of the molecule is Fc1ccccc1Cn1cc2c(-c3ccccc3)nnc-2c2cc3c(cc21)OCO3. The van der Waals surface area contributed by atoms with Crippen LogP contribution in [0.25, 0.3) is 33.4 Å². The van der Waals surface area contributed by atoms with Gasteiger partial charge in [-0.05, 0) is 12.1 Å². The molecule has 0 spiro atoms. The fourth-order valence-corrected chi connectivity index (χ4v) is 3.98. The van der Waals surface area contributed by atoms with Gasteiger partial charge in [-0.2, -0.15) is 0 Å². The molecule has 3 aromatic rings. The van der Waals surface area contributed by atoms with E-state index in [0.29, 0.717) is 23.6 Å². The number of hydrogen-bond acceptors (Lipinski definition) is 4. The van der Waals surface area contributed by atoms with Gasteiger partial charge in [0, 0.05) is 34.3 Å². The molecule has 3 aromatic carbocycles. The summed E-state index contributed by atoms with van der Waals surface area (Å²) >= 11 is 0. The maximum atomic E-state index is 14.4. The van der Waals surface area contributed by atoms with Gasteiger partial charge in [0.1, 0.15) is 17.2 Å². The van der Waals surface area contributed by atoms with Crippen LogP contribution in [-0.4, -0.2) is 21.6 Å². The van der Waals surface area contributed by atoms with E-state index in [0.717, 1.165) is 33.4 Å². The molecule has 0 saturated carbocycles. The van der Waals surface area contributed by atoms with Gasteiger partial charge in [-0.25, -0.2) is 4.39 Å². The molecule has 3 heterocycles. The molecule has 0 fully saturated rings. The van der Waals surface area contributed by atoms with Crippen molar-refractivity contribution < 1.29 is 13.9 Å². The Kier molecular flexibility index (Phi) is 3.71. The summed E-state index contributed by atoms with van der Waals surface area (Å²) in [6, 6.07) is 20.6. The first-order valence-corrected chi connectivity index (χ1v) is 9.65. The van der Waals surface area contributed by atoms with Gasteiger partial charge in [0.25, 0.3) is 0 Å². The number of fused-ring (bicyclic) bond motifs is 4. The second-order valence-electron chi connectivity index (χ2n) is 7.25. The molecule has 0 amide bonds. The van der Waals surface area contributed by atoms with Crippen molar-refractivity contribution in [1.82, 2.24) is 14.8 Å². The highest BCUT2D eigenvalue weighted by Crippen LogP contribution is 2.42. The Morgan fingerprint density at radius 2 is 1.60 bits per heavy atom. The molecule has 5 nitrogen and oxygen atoms in total. The van der Waals surface area contributed by atoms with Crippen LogP contribution in [0.15, 0.2) is 72.9 Å². The second-order valence-corrected chi connectivity index (χ2v) is 7.25. The van der Waals surface area contributed by atoms with Crippen molar-refractivity contribution in [2.75, 3.05) is 6.79 Å². The lowest BCUT2D eigenvalue weighted by Crippen LogP contribution is -2.05. The van der Waals surface area contributed by atoms with Crippen LogP contribution in [0.1, 0.15) is 5.56 Å². The van der Waals surface area contributed by atoms with Gasteiger partial charge in [-0.15, -0.1) is 10.2 Å². The second kappa shape index (κ2) is 6.56. The van der Waals surface area contributed by atoms with Gasteiger partial charge >= 0.3 is 0 Å². The van der Waals surface area contributed by atoms with E-state index in [1.807, 2.05) is 59.3 Å². The first-order chi connectivity index (χ1) is 14.8. The van der Waals surface area contributed by atoms with Crippen LogP contribution in [0, 0.1) is 5.82 Å². The minimum atomic E-state index is -0.235. The highest BCUT2D eigenvalue weighted by Gasteiger charge is 2.24. The third-order valence-corrected chi connectivity index (χ3v) is 5.45. The molecule has 30 heavy (non-hydrogen) atoms. The van der Waals surface area contributed by atoms with Crippen LogP contribution in [0.2, 0.25) is 0 Å². The lowest BCUT2D eigenvalue weighted by molar-refractivity contribution is 0.174. The van der Waals surface area contributed by atoms with Gasteiger partial charge in [-0.3, -0.25) is 0 Å². The van der Waals surface area contributed by atoms with Crippen LogP contribution in [0.3, 0.4) is 0 Å². The van der Waals surface area contributed by atoms with E-state index in [9.17, 15) is 4.39 Å². The zero-order chi connectivity index (χ0) is 20.1. The highest BCUT2D eigenvalue weighted by atomic mass is 19.1. The molecular formula is C24H16FN3O2. The van der Waals surface area contributed by atoms with Gasteiger partial charge in [0.05, 0.1) is 12.1 Å². The summed E-state index contributed by atoms with van der Waals surface area (Å²) in [5.74, 6) is 1.12. The predicted molar refractivity (Wildman–Crippen MR) is 111 cm³/mol. The number of halogens is 1. The van der Waals surface area contributed by atoms with Crippen LogP contribution in [0.5, 0.6) is 11.5 Å². The molecule has 3 aliphatic rings. The van der Waals surface area contributed by atoms with E-state index in [1.54, 1.807) is 12.1 Å². The predicted octanol–water partition coefficient (Wildman–Crippen LogP) is 5.12. The topological polar surface area (TPSA) is 49.2 Å². The molecule has 0 aliphatic carbocycles. The van der Waals surface area contributed by atoms with Crippen molar-refractivity contribution in [2.24, 2.45) is 0 Å². The van der Waals surface area contributed by atoms with Crippen LogP contribution < -0.4 is 9.47 Å². The number of ether oxygens (including phenoxy) is 2. The Balaban J connectivity index is 1.63. The zero-order valence-electron chi connectivity index (χ0n) is 15.9. The minimum Gasteiger partial charge on any atom is -0.454 e. The molecule has 0 aromatic heterocycles. The number of rotatable bonds is 3. The van der Waals surface area contributed by atoms with E-state index in [1.165, 1.54) is 6.07 Å². The van der Waals surface area contributed by atoms with Gasteiger partial charge in [0.15, 0.2) is 11.5 Å². The van der Waals surface area contributed by atoms with Crippen molar-refractivity contribution in [3.8, 4) is 34.0 Å². The number of benzene rings is 3. The normalized spacial score (nSPS) is 12.7. The molecule has 0 radical (unpaired) electrons. The quantitative estimate of drug-likeness (QED) is 0.424. The van der Waals surface area contributed by atoms with Crippen molar-refractivity contribution in [3.05, 3.63) is 84.3 Å². The van der Waals surface area contributed by atoms with Gasteiger partial charge < -0.3 is 14.0 Å². The fraction of sp³-hybridized carbons (Fsp3) is 0.0833. The molecule has 6 heteroatoms. The van der Waals surface area contributed by atoms with Crippen LogP contribution in [-0.2, 0) is 6.54 Å². The number of pyridine rings is 1. The molecule has 0 saturated heterocycles. The maximum Gasteiger partial charge on any atom is 0.231 e. The summed E-state index contributed by atoms with van der Waals surface area (Å²) < 4.78 is 27.6. The molecular weight excluding hydrogens is 381 g/mol. The summed E-state index contributed by atoms with van der Waals surface area (Å²) in [4.78, 5) is 0. The van der Waals surface area contributed by atoms with Crippen molar-refractivity contribution in [3.63, 3.8) is 0 Å². The Morgan fingerprint density at radius 3 is 2.43 bits per heavy atom. The number of aromatic nitrogens is 3. The first kappa shape index (κ1) is 17.0. The summed E-state index contributed by atoms with van der Waals surface area (Å²) in [6.07, 6.45) is 1.99. The van der Waals surface area contributed by atoms with Crippen LogP contribution in [0.4, 0.5) is 4.39 Å². The van der Waals surface area contributed by atoms with E-state index >= 15 is 0 Å². The maximum absolute atomic E-state index is 14.4. The molecule has 146 valence electrons. The summed E-state index contributed by atoms with van der Waals surface area (Å²) in [5.41, 5.74) is 4.96. The van der Waals surface area contributed by atoms with Gasteiger partial charge in [0.2, 0.25) is 6.79 Å². The Labute approximate surface area is 171 Å². The lowest BCUT2D eigenvalue weighted by Gasteiger charge is -2.16. The molecule has 0 N–H and O–H groups in total. The first-order valence-electron chi connectivity index (χ1n) is 9.65. The van der Waals surface area contributed by atoms with Crippen molar-refractivity contribution in [2.45, 2.75) is 6.54 Å². The fourth-order valence-electron chi connectivity index (χ4n) is 3.98. The summed E-state index contributed by atoms with van der Waals surface area (Å²) in [7, 11) is 0. The molecule has 6 rings (SSSR count). The molecule has 0 bridgehead atoms. The Morgan fingerprint density at radius 1 is 0.867 bits per heavy atom. The van der Waals surface area contributed by atoms with E-state index in [-0.39, 0.29) is 12.6 Å². The standard InChI is InChI=1S/C24H16FN3O2/c25-19-9-5-4-8-16(19)12-28-13-18-23(15-6-2-1-3-7-15)26-27-24(18)17-10-21-22(11-20(17)28)30-14-29-21/h1-11,13H,12,14H2. The molecule has 0 atom stereocenters. The summed E-state index contributed by atoms with van der Waals surface area (Å²) in [5, 5.41) is 9.84. The monoisotopic (exact) mass is 397 g/mol. The third kappa shape index (κ3) is 2.61.